The number of rotatable bonds is 2. The first kappa shape index (κ1) is 29.6. The largest absolute Gasteiger partial charge is 1.00 e. The molecule has 0 heterocycles. The molecule has 14 heteroatoms. The molecule has 2 atom stereocenters. The van der Waals surface area contributed by atoms with Crippen LogP contribution in [-0.4, -0.2) is 36.6 Å². The predicted octanol–water partition coefficient (Wildman–Crippen LogP) is -6.72. The van der Waals surface area contributed by atoms with Crippen molar-refractivity contribution in [2.24, 2.45) is 0 Å². The summed E-state index contributed by atoms with van der Waals surface area (Å²) in [7, 11) is 0. The molecule has 0 radical (unpaired) electrons. The summed E-state index contributed by atoms with van der Waals surface area (Å²) >= 11 is 0. The van der Waals surface area contributed by atoms with Gasteiger partial charge in [-0.2, -0.15) is 26.3 Å². The molecule has 0 bridgehead atoms. The quantitative estimate of drug-likeness (QED) is 0.359. The first-order valence-corrected chi connectivity index (χ1v) is 3.54. The molecule has 4 nitrogen and oxygen atoms in total. The molecule has 0 N–H and O–H groups in total. The third-order valence-corrected chi connectivity index (χ3v) is 0.989. The van der Waals surface area contributed by atoms with E-state index in [0.717, 1.165) is 0 Å². The second kappa shape index (κ2) is 12.1. The number of aliphatic carboxylic acids is 2. The summed E-state index contributed by atoms with van der Waals surface area (Å²) in [6.07, 6.45) is -18.5. The van der Waals surface area contributed by atoms with E-state index in [0.29, 0.717) is 0 Å². The van der Waals surface area contributed by atoms with Gasteiger partial charge in [0.05, 0.1) is 11.9 Å². The van der Waals surface area contributed by atoms with Gasteiger partial charge in [-0.25, -0.2) is 8.78 Å². The van der Waals surface area contributed by atoms with Crippen LogP contribution in [0.3, 0.4) is 0 Å². The summed E-state index contributed by atoms with van der Waals surface area (Å²) in [5.74, 6) is -5.52. The Bertz CT molecular complexity index is 274. The maximum atomic E-state index is 11.2. The van der Waals surface area contributed by atoms with Gasteiger partial charge in [0, 0.05) is 0 Å². The Morgan fingerprint density at radius 3 is 0.850 bits per heavy atom. The number of carboxylic acid groups (broad SMARTS) is 2. The zero-order valence-corrected chi connectivity index (χ0v) is 16.1. The number of halogens is 8. The van der Waals surface area contributed by atoms with Crippen LogP contribution in [0.15, 0.2) is 0 Å². The number of carboxylic acids is 2. The second-order valence-electron chi connectivity index (χ2n) is 2.45. The molecule has 20 heavy (non-hydrogen) atoms. The molecule has 0 amide bonds. The standard InChI is InChI=1S/2C3H2F4O2.2K/c2*4-1(2(8)9)3(5,6)7;;/h2*1H,(H,8,9);;/q;;2*+1/p-2. The van der Waals surface area contributed by atoms with E-state index < -0.39 is 36.6 Å². The Morgan fingerprint density at radius 2 is 0.850 bits per heavy atom. The molecule has 0 aliphatic heterocycles. The van der Waals surface area contributed by atoms with Crippen molar-refractivity contribution in [3.63, 3.8) is 0 Å². The van der Waals surface area contributed by atoms with Gasteiger partial charge < -0.3 is 19.8 Å². The van der Waals surface area contributed by atoms with Gasteiger partial charge in [0.25, 0.3) is 0 Å². The maximum Gasteiger partial charge on any atom is 1.00 e. The minimum Gasteiger partial charge on any atom is -0.547 e. The summed E-state index contributed by atoms with van der Waals surface area (Å²) in [6, 6.07) is 0. The van der Waals surface area contributed by atoms with Crippen LogP contribution in [0.1, 0.15) is 0 Å². The smallest absolute Gasteiger partial charge is 0.547 e. The van der Waals surface area contributed by atoms with Crippen molar-refractivity contribution < 1.29 is 158 Å². The Labute approximate surface area is 191 Å². The Balaban J connectivity index is -0.000000116. The summed E-state index contributed by atoms with van der Waals surface area (Å²) in [5.41, 5.74) is 0. The summed E-state index contributed by atoms with van der Waals surface area (Å²) in [4.78, 5) is 18.3. The van der Waals surface area contributed by atoms with Crippen LogP contribution in [0.5, 0.6) is 0 Å². The molecule has 0 aromatic rings. The first-order valence-electron chi connectivity index (χ1n) is 3.54. The normalized spacial score (nSPS) is 13.6. The predicted molar refractivity (Wildman–Crippen MR) is 31.9 cm³/mol. The molecule has 0 saturated carbocycles. The SMILES string of the molecule is O=C([O-])C(F)C(F)(F)F.O=C([O-])C(F)C(F)(F)F.[K+].[K+]. The van der Waals surface area contributed by atoms with Gasteiger partial charge in [-0.05, 0) is 0 Å². The average molecular weight is 368 g/mol. The monoisotopic (exact) mass is 368 g/mol. The van der Waals surface area contributed by atoms with Gasteiger partial charge in [0.15, 0.2) is 0 Å². The van der Waals surface area contributed by atoms with Crippen molar-refractivity contribution >= 4 is 11.9 Å². The van der Waals surface area contributed by atoms with Crippen LogP contribution in [0.2, 0.25) is 0 Å². The topological polar surface area (TPSA) is 80.3 Å². The number of alkyl halides is 8. The fourth-order valence-corrected chi connectivity index (χ4v) is 0.267. The van der Waals surface area contributed by atoms with Crippen molar-refractivity contribution in [1.29, 1.82) is 0 Å². The number of hydrogen-bond acceptors (Lipinski definition) is 4. The van der Waals surface area contributed by atoms with E-state index in [9.17, 15) is 35.1 Å². The summed E-state index contributed by atoms with van der Waals surface area (Å²) in [5, 5.41) is 18.3. The number of carbonyl (C=O) groups is 2. The van der Waals surface area contributed by atoms with Crippen LogP contribution in [-0.2, 0) is 9.59 Å². The van der Waals surface area contributed by atoms with Gasteiger partial charge in [-0.15, -0.1) is 0 Å². The molecular weight excluding hydrogens is 366 g/mol. The zero-order valence-electron chi connectivity index (χ0n) is 9.81. The Kier molecular flexibility index (Phi) is 18.0. The van der Waals surface area contributed by atoms with Crippen LogP contribution < -0.4 is 113 Å². The van der Waals surface area contributed by atoms with E-state index in [1.165, 1.54) is 0 Å². The van der Waals surface area contributed by atoms with Crippen molar-refractivity contribution in [2.45, 2.75) is 24.7 Å². The molecule has 0 aromatic carbocycles. The van der Waals surface area contributed by atoms with Crippen molar-refractivity contribution in [2.75, 3.05) is 0 Å². The molecule has 2 unspecified atom stereocenters. The number of hydrogen-bond donors (Lipinski definition) is 0. The van der Waals surface area contributed by atoms with Crippen LogP contribution in [0.25, 0.3) is 0 Å². The first-order chi connectivity index (χ1) is 7.71. The summed E-state index contributed by atoms with van der Waals surface area (Å²) in [6.45, 7) is 0. The third-order valence-electron chi connectivity index (χ3n) is 0.989. The minimum atomic E-state index is -5.35. The molecule has 0 aliphatic carbocycles. The van der Waals surface area contributed by atoms with Gasteiger partial charge in [-0.3, -0.25) is 0 Å². The van der Waals surface area contributed by atoms with E-state index in [1.54, 1.807) is 0 Å². The maximum absolute atomic E-state index is 11.2. The second-order valence-corrected chi connectivity index (χ2v) is 2.45. The fourth-order valence-electron chi connectivity index (χ4n) is 0.267. The minimum absolute atomic E-state index is 0. The van der Waals surface area contributed by atoms with Gasteiger partial charge in [-0.1, -0.05) is 0 Å². The molecule has 0 rings (SSSR count). The van der Waals surface area contributed by atoms with Crippen LogP contribution in [0.4, 0.5) is 35.1 Å². The molecule has 0 saturated heterocycles. The Hall–Kier alpha value is 1.65. The molecule has 108 valence electrons. The van der Waals surface area contributed by atoms with E-state index in [2.05, 4.69) is 0 Å². The third kappa shape index (κ3) is 14.6. The van der Waals surface area contributed by atoms with Gasteiger partial charge in [0.2, 0.25) is 12.3 Å². The van der Waals surface area contributed by atoms with E-state index in [1.807, 2.05) is 0 Å². The van der Waals surface area contributed by atoms with E-state index in [4.69, 9.17) is 19.8 Å². The van der Waals surface area contributed by atoms with Crippen molar-refractivity contribution in [1.82, 2.24) is 0 Å². The van der Waals surface area contributed by atoms with Crippen molar-refractivity contribution in [3.05, 3.63) is 0 Å². The van der Waals surface area contributed by atoms with E-state index in [-0.39, 0.29) is 103 Å². The van der Waals surface area contributed by atoms with Gasteiger partial charge in [0.1, 0.15) is 0 Å². The zero-order chi connectivity index (χ0) is 15.3. The van der Waals surface area contributed by atoms with Crippen LogP contribution >= 0.6 is 0 Å². The molecule has 0 aliphatic rings. The molecular formula is C6H2F8K2O4. The fraction of sp³-hybridized carbons (Fsp3) is 0.667. The van der Waals surface area contributed by atoms with Crippen molar-refractivity contribution in [3.8, 4) is 0 Å². The number of carbonyl (C=O) groups excluding carboxylic acids is 2. The molecule has 0 spiro atoms. The molecule has 0 fully saturated rings. The van der Waals surface area contributed by atoms with Crippen LogP contribution in [0, 0.1) is 0 Å². The molecule has 0 aromatic heterocycles. The average Bonchev–Trinajstić information content (AvgIpc) is 2.13. The van der Waals surface area contributed by atoms with E-state index >= 15 is 0 Å². The Morgan fingerprint density at radius 1 is 0.700 bits per heavy atom. The summed E-state index contributed by atoms with van der Waals surface area (Å²) < 4.78 is 87.9. The van der Waals surface area contributed by atoms with Gasteiger partial charge >= 0.3 is 115 Å².